The van der Waals surface area contributed by atoms with E-state index >= 15 is 0 Å². The number of aliphatic hydroxyl groups excluding tert-OH is 1. The van der Waals surface area contributed by atoms with Crippen molar-refractivity contribution in [3.63, 3.8) is 0 Å². The molecular weight excluding hydrogens is 228 g/mol. The third-order valence-corrected chi connectivity index (χ3v) is 2.68. The summed E-state index contributed by atoms with van der Waals surface area (Å²) in [5, 5.41) is 17.7. The Morgan fingerprint density at radius 3 is 2.44 bits per heavy atom. The van der Waals surface area contributed by atoms with E-state index in [4.69, 9.17) is 0 Å². The number of β-amino-alcohol motifs (C(OH)–C–C–N with tert-alkyl or cyclic N) is 1. The number of nitrogens with one attached hydrogen (secondary N) is 1. The van der Waals surface area contributed by atoms with Gasteiger partial charge in [-0.2, -0.15) is 5.10 Å². The molecular formula is C13H26N4O. The average Bonchev–Trinajstić information content (AvgIpc) is 2.68. The van der Waals surface area contributed by atoms with Crippen molar-refractivity contribution in [1.82, 2.24) is 20.1 Å². The highest BCUT2D eigenvalue weighted by Crippen LogP contribution is 2.04. The molecule has 5 heteroatoms. The largest absolute Gasteiger partial charge is 0.390 e. The minimum absolute atomic E-state index is 0.0194. The lowest BCUT2D eigenvalue weighted by atomic mass is 10.1. The molecule has 0 saturated carbocycles. The van der Waals surface area contributed by atoms with Crippen molar-refractivity contribution in [2.45, 2.75) is 65.6 Å². The van der Waals surface area contributed by atoms with Crippen LogP contribution >= 0.6 is 0 Å². The lowest BCUT2D eigenvalue weighted by Crippen LogP contribution is -2.42. The number of hydrogen-bond acceptors (Lipinski definition) is 4. The van der Waals surface area contributed by atoms with E-state index in [0.29, 0.717) is 13.1 Å². The molecule has 0 aliphatic carbocycles. The van der Waals surface area contributed by atoms with E-state index in [2.05, 4.69) is 43.1 Å². The van der Waals surface area contributed by atoms with Crippen LogP contribution < -0.4 is 5.32 Å². The van der Waals surface area contributed by atoms with Gasteiger partial charge >= 0.3 is 0 Å². The van der Waals surface area contributed by atoms with Crippen LogP contribution in [0.15, 0.2) is 0 Å². The van der Waals surface area contributed by atoms with Crippen LogP contribution in [0.3, 0.4) is 0 Å². The van der Waals surface area contributed by atoms with Gasteiger partial charge in [0.05, 0.1) is 12.6 Å². The number of hydrogen-bond donors (Lipinski definition) is 2. The minimum atomic E-state index is -0.444. The molecule has 0 bridgehead atoms. The van der Waals surface area contributed by atoms with Gasteiger partial charge in [0.25, 0.3) is 0 Å². The number of rotatable bonds is 6. The van der Waals surface area contributed by atoms with E-state index in [-0.39, 0.29) is 5.54 Å². The molecule has 0 aliphatic heterocycles. The van der Waals surface area contributed by atoms with Gasteiger partial charge in [-0.05, 0) is 20.8 Å². The first-order valence-electron chi connectivity index (χ1n) is 6.71. The summed E-state index contributed by atoms with van der Waals surface area (Å²) in [6, 6.07) is 0. The second-order valence-electron chi connectivity index (χ2n) is 5.62. The first-order chi connectivity index (χ1) is 8.35. The summed E-state index contributed by atoms with van der Waals surface area (Å²) in [7, 11) is 0. The molecule has 1 aromatic rings. The smallest absolute Gasteiger partial charge is 0.150 e. The zero-order valence-electron chi connectivity index (χ0n) is 12.2. The van der Waals surface area contributed by atoms with E-state index in [1.165, 1.54) is 0 Å². The fourth-order valence-corrected chi connectivity index (χ4v) is 1.67. The van der Waals surface area contributed by atoms with Crippen molar-refractivity contribution in [1.29, 1.82) is 0 Å². The first-order valence-corrected chi connectivity index (χ1v) is 6.71. The van der Waals surface area contributed by atoms with Crippen LogP contribution in [0.4, 0.5) is 0 Å². The fourth-order valence-electron chi connectivity index (χ4n) is 1.67. The maximum atomic E-state index is 10.0. The monoisotopic (exact) mass is 254 g/mol. The molecule has 1 rings (SSSR count). The SMILES string of the molecule is CCc1nc(CC)n(CC(O)CNC(C)(C)C)n1. The van der Waals surface area contributed by atoms with Crippen LogP contribution in [0.1, 0.15) is 46.3 Å². The second-order valence-corrected chi connectivity index (χ2v) is 5.62. The highest BCUT2D eigenvalue weighted by molar-refractivity contribution is 4.93. The minimum Gasteiger partial charge on any atom is -0.390 e. The zero-order chi connectivity index (χ0) is 13.8. The van der Waals surface area contributed by atoms with E-state index in [1.54, 1.807) is 0 Å². The van der Waals surface area contributed by atoms with Crippen molar-refractivity contribution >= 4 is 0 Å². The maximum absolute atomic E-state index is 10.0. The van der Waals surface area contributed by atoms with Crippen LogP contribution in [-0.2, 0) is 19.4 Å². The van der Waals surface area contributed by atoms with Crippen LogP contribution in [-0.4, -0.2) is 38.1 Å². The molecule has 18 heavy (non-hydrogen) atoms. The second kappa shape index (κ2) is 6.29. The van der Waals surface area contributed by atoms with E-state index < -0.39 is 6.10 Å². The Bertz CT molecular complexity index is 368. The topological polar surface area (TPSA) is 63.0 Å². The third kappa shape index (κ3) is 4.74. The van der Waals surface area contributed by atoms with Crippen molar-refractivity contribution < 1.29 is 5.11 Å². The summed E-state index contributed by atoms with van der Waals surface area (Å²) in [4.78, 5) is 4.43. The molecule has 1 heterocycles. The normalized spacial score (nSPS) is 13.9. The van der Waals surface area contributed by atoms with Gasteiger partial charge in [0.15, 0.2) is 5.82 Å². The molecule has 1 aromatic heterocycles. The Labute approximate surface area is 110 Å². The van der Waals surface area contributed by atoms with Crippen molar-refractivity contribution in [2.75, 3.05) is 6.54 Å². The third-order valence-electron chi connectivity index (χ3n) is 2.68. The zero-order valence-corrected chi connectivity index (χ0v) is 12.2. The number of nitrogens with zero attached hydrogens (tertiary/aromatic N) is 3. The van der Waals surface area contributed by atoms with Crippen LogP contribution in [0, 0.1) is 0 Å². The van der Waals surface area contributed by atoms with Gasteiger partial charge in [0, 0.05) is 24.9 Å². The predicted octanol–water partition coefficient (Wildman–Crippen LogP) is 1.15. The van der Waals surface area contributed by atoms with Crippen molar-refractivity contribution in [2.24, 2.45) is 0 Å². The molecule has 5 nitrogen and oxygen atoms in total. The fraction of sp³-hybridized carbons (Fsp3) is 0.846. The van der Waals surface area contributed by atoms with Gasteiger partial charge in [-0.3, -0.25) is 0 Å². The van der Waals surface area contributed by atoms with Crippen molar-refractivity contribution in [3.05, 3.63) is 11.6 Å². The summed E-state index contributed by atoms with van der Waals surface area (Å²) >= 11 is 0. The van der Waals surface area contributed by atoms with Gasteiger partial charge in [-0.25, -0.2) is 9.67 Å². The predicted molar refractivity (Wildman–Crippen MR) is 72.5 cm³/mol. The van der Waals surface area contributed by atoms with Crippen LogP contribution in [0.5, 0.6) is 0 Å². The molecule has 0 saturated heterocycles. The molecule has 0 fully saturated rings. The number of aliphatic hydroxyl groups is 1. The van der Waals surface area contributed by atoms with E-state index in [1.807, 2.05) is 11.6 Å². The molecule has 0 aromatic carbocycles. The molecule has 0 spiro atoms. The van der Waals surface area contributed by atoms with Gasteiger partial charge < -0.3 is 10.4 Å². The van der Waals surface area contributed by atoms with Crippen LogP contribution in [0.25, 0.3) is 0 Å². The van der Waals surface area contributed by atoms with E-state index in [9.17, 15) is 5.11 Å². The number of aryl methyl sites for hydroxylation is 2. The summed E-state index contributed by atoms with van der Waals surface area (Å²) in [6.07, 6.45) is 1.23. The van der Waals surface area contributed by atoms with Crippen molar-refractivity contribution in [3.8, 4) is 0 Å². The maximum Gasteiger partial charge on any atom is 0.150 e. The van der Waals surface area contributed by atoms with Gasteiger partial charge in [-0.15, -0.1) is 0 Å². The van der Waals surface area contributed by atoms with Gasteiger partial charge in [-0.1, -0.05) is 13.8 Å². The van der Waals surface area contributed by atoms with Gasteiger partial charge in [0.2, 0.25) is 0 Å². The lowest BCUT2D eigenvalue weighted by Gasteiger charge is -2.23. The lowest BCUT2D eigenvalue weighted by molar-refractivity contribution is 0.136. The summed E-state index contributed by atoms with van der Waals surface area (Å²) in [6.45, 7) is 11.4. The number of aromatic nitrogens is 3. The molecule has 0 aliphatic rings. The Kier molecular flexibility index (Phi) is 5.28. The average molecular weight is 254 g/mol. The molecule has 2 N–H and O–H groups in total. The van der Waals surface area contributed by atoms with Crippen LogP contribution in [0.2, 0.25) is 0 Å². The first kappa shape index (κ1) is 15.1. The highest BCUT2D eigenvalue weighted by atomic mass is 16.3. The summed E-state index contributed by atoms with van der Waals surface area (Å²) in [5.74, 6) is 1.80. The summed E-state index contributed by atoms with van der Waals surface area (Å²) in [5.41, 5.74) is 0.0194. The summed E-state index contributed by atoms with van der Waals surface area (Å²) < 4.78 is 1.83. The van der Waals surface area contributed by atoms with E-state index in [0.717, 1.165) is 24.5 Å². The Morgan fingerprint density at radius 1 is 1.28 bits per heavy atom. The van der Waals surface area contributed by atoms with Gasteiger partial charge in [0.1, 0.15) is 5.82 Å². The Balaban J connectivity index is 2.58. The molecule has 1 atom stereocenters. The highest BCUT2D eigenvalue weighted by Gasteiger charge is 2.15. The standard InChI is InChI=1S/C13H26N4O/c1-6-11-15-12(7-2)17(16-11)9-10(18)8-14-13(3,4)5/h10,14,18H,6-9H2,1-5H3. The molecule has 0 radical (unpaired) electrons. The quantitative estimate of drug-likeness (QED) is 0.799. The Hall–Kier alpha value is -0.940. The molecule has 1 unspecified atom stereocenters. The molecule has 0 amide bonds. The molecule has 104 valence electrons. The Morgan fingerprint density at radius 2 is 1.94 bits per heavy atom.